The number of aliphatic imine (C=N–C) groups is 2. The summed E-state index contributed by atoms with van der Waals surface area (Å²) in [5, 5.41) is 0.704. The Morgan fingerprint density at radius 1 is 1.29 bits per heavy atom. The maximum Gasteiger partial charge on any atom is 0.218 e. The van der Waals surface area contributed by atoms with E-state index in [0.29, 0.717) is 5.25 Å². The third kappa shape index (κ3) is 3.45. The topological polar surface area (TPSA) is 103 Å². The minimum Gasteiger partial charge on any atom is -0.370 e. The summed E-state index contributed by atoms with van der Waals surface area (Å²) in [6, 6.07) is 0.288. The molecule has 0 amide bonds. The van der Waals surface area contributed by atoms with E-state index in [4.69, 9.17) is 17.2 Å². The van der Waals surface area contributed by atoms with Crippen LogP contribution in [0.15, 0.2) is 9.98 Å². The van der Waals surface area contributed by atoms with E-state index in [1.54, 1.807) is 0 Å². The highest BCUT2D eigenvalue weighted by Crippen LogP contribution is 2.29. The lowest BCUT2D eigenvalue weighted by Crippen LogP contribution is -2.27. The van der Waals surface area contributed by atoms with E-state index in [2.05, 4.69) is 16.2 Å². The van der Waals surface area contributed by atoms with Crippen molar-refractivity contribution in [1.29, 1.82) is 0 Å². The molecule has 1 aliphatic carbocycles. The van der Waals surface area contributed by atoms with Gasteiger partial charge in [0.2, 0.25) is 5.96 Å². The van der Waals surface area contributed by atoms with Crippen molar-refractivity contribution in [3.63, 3.8) is 0 Å². The van der Waals surface area contributed by atoms with Gasteiger partial charge in [0.05, 0.1) is 6.04 Å². The van der Waals surface area contributed by atoms with E-state index in [0.717, 1.165) is 12.8 Å². The normalized spacial score (nSPS) is 27.6. The summed E-state index contributed by atoms with van der Waals surface area (Å²) in [5.74, 6) is 0.155. The molecule has 80 valence electrons. The van der Waals surface area contributed by atoms with Gasteiger partial charge in [0.15, 0.2) is 5.96 Å². The molecular weight excluding hydrogens is 198 g/mol. The monoisotopic (exact) mass is 215 g/mol. The molecule has 0 aromatic heterocycles. The van der Waals surface area contributed by atoms with Gasteiger partial charge in [-0.2, -0.15) is 16.8 Å². The third-order valence-electron chi connectivity index (χ3n) is 2.25. The van der Waals surface area contributed by atoms with Crippen molar-refractivity contribution in [3.05, 3.63) is 0 Å². The molecule has 0 aromatic rings. The first-order chi connectivity index (χ1) is 6.61. The summed E-state index contributed by atoms with van der Waals surface area (Å²) < 4.78 is 0. The lowest BCUT2D eigenvalue weighted by Gasteiger charge is -2.04. The van der Waals surface area contributed by atoms with Crippen LogP contribution >= 0.6 is 11.8 Å². The summed E-state index contributed by atoms with van der Waals surface area (Å²) in [6.07, 6.45) is 5.47. The first-order valence-electron chi connectivity index (χ1n) is 4.57. The Morgan fingerprint density at radius 2 is 2.00 bits per heavy atom. The summed E-state index contributed by atoms with van der Waals surface area (Å²) >= 11 is 1.88. The number of guanidine groups is 2. The quantitative estimate of drug-likeness (QED) is 0.440. The molecule has 1 aliphatic rings. The van der Waals surface area contributed by atoms with Gasteiger partial charge < -0.3 is 17.2 Å². The van der Waals surface area contributed by atoms with Gasteiger partial charge in [0, 0.05) is 5.25 Å². The van der Waals surface area contributed by atoms with Crippen LogP contribution in [0.3, 0.4) is 0 Å². The lowest BCUT2D eigenvalue weighted by atomic mass is 10.3. The molecule has 5 nitrogen and oxygen atoms in total. The van der Waals surface area contributed by atoms with Gasteiger partial charge in [-0.25, -0.2) is 4.99 Å². The fourth-order valence-corrected chi connectivity index (χ4v) is 2.38. The number of nitrogens with zero attached hydrogens (tertiary/aromatic N) is 2. The standard InChI is InChI=1S/C8H17N5S/c1-14-6-3-2-5(4-6)12-8(11)13-7(9)10/h5-6H,2-4H2,1H3,(H6,9,10,11,12,13). The molecule has 1 saturated carbocycles. The molecule has 1 fully saturated rings. The first-order valence-corrected chi connectivity index (χ1v) is 5.86. The summed E-state index contributed by atoms with van der Waals surface area (Å²) in [4.78, 5) is 7.93. The van der Waals surface area contributed by atoms with E-state index < -0.39 is 0 Å². The average molecular weight is 215 g/mol. The van der Waals surface area contributed by atoms with Crippen molar-refractivity contribution in [2.24, 2.45) is 27.2 Å². The van der Waals surface area contributed by atoms with Gasteiger partial charge in [-0.05, 0) is 25.5 Å². The van der Waals surface area contributed by atoms with Crippen molar-refractivity contribution in [2.45, 2.75) is 30.6 Å². The number of hydrogen-bond donors (Lipinski definition) is 3. The zero-order valence-corrected chi connectivity index (χ0v) is 9.13. The number of hydrogen-bond acceptors (Lipinski definition) is 2. The van der Waals surface area contributed by atoms with Gasteiger partial charge >= 0.3 is 0 Å². The van der Waals surface area contributed by atoms with E-state index in [-0.39, 0.29) is 18.0 Å². The fraction of sp³-hybridized carbons (Fsp3) is 0.750. The first kappa shape index (κ1) is 11.2. The molecule has 6 heteroatoms. The minimum atomic E-state index is -0.0364. The Bertz CT molecular complexity index is 246. The molecule has 2 atom stereocenters. The van der Waals surface area contributed by atoms with Gasteiger partial charge in [-0.3, -0.25) is 0 Å². The second-order valence-electron chi connectivity index (χ2n) is 3.35. The van der Waals surface area contributed by atoms with E-state index >= 15 is 0 Å². The molecule has 0 bridgehead atoms. The maximum atomic E-state index is 5.54. The molecule has 0 radical (unpaired) electrons. The Hall–Kier alpha value is -0.910. The fourth-order valence-electron chi connectivity index (χ4n) is 1.60. The van der Waals surface area contributed by atoms with Crippen LogP contribution in [0.2, 0.25) is 0 Å². The summed E-state index contributed by atoms with van der Waals surface area (Å²) in [6.45, 7) is 0. The van der Waals surface area contributed by atoms with Crippen LogP contribution in [0.5, 0.6) is 0 Å². The Balaban J connectivity index is 2.48. The molecule has 1 rings (SSSR count). The highest BCUT2D eigenvalue weighted by atomic mass is 32.2. The summed E-state index contributed by atoms with van der Waals surface area (Å²) in [5.41, 5.74) is 15.9. The van der Waals surface area contributed by atoms with E-state index in [1.165, 1.54) is 6.42 Å². The second kappa shape index (κ2) is 5.09. The van der Waals surface area contributed by atoms with Crippen LogP contribution in [0.4, 0.5) is 0 Å². The third-order valence-corrected chi connectivity index (χ3v) is 3.34. The molecule has 0 heterocycles. The molecule has 2 unspecified atom stereocenters. The van der Waals surface area contributed by atoms with Crippen LogP contribution in [0.1, 0.15) is 19.3 Å². The van der Waals surface area contributed by atoms with E-state index in [9.17, 15) is 0 Å². The minimum absolute atomic E-state index is 0.0364. The van der Waals surface area contributed by atoms with Crippen LogP contribution in [-0.2, 0) is 0 Å². The van der Waals surface area contributed by atoms with Crippen molar-refractivity contribution in [3.8, 4) is 0 Å². The number of nitrogens with two attached hydrogens (primary N) is 3. The van der Waals surface area contributed by atoms with E-state index in [1.807, 2.05) is 11.8 Å². The number of rotatable bonds is 2. The second-order valence-corrected chi connectivity index (χ2v) is 4.49. The van der Waals surface area contributed by atoms with Crippen LogP contribution in [-0.4, -0.2) is 29.5 Å². The molecular formula is C8H17N5S. The molecule has 0 spiro atoms. The van der Waals surface area contributed by atoms with Crippen molar-refractivity contribution in [1.82, 2.24) is 0 Å². The molecule has 0 saturated heterocycles. The Morgan fingerprint density at radius 3 is 2.50 bits per heavy atom. The Labute approximate surface area is 88.2 Å². The molecule has 0 aliphatic heterocycles. The predicted molar refractivity (Wildman–Crippen MR) is 62.4 cm³/mol. The van der Waals surface area contributed by atoms with Gasteiger partial charge in [-0.1, -0.05) is 0 Å². The lowest BCUT2D eigenvalue weighted by molar-refractivity contribution is 0.706. The number of thioether (sulfide) groups is 1. The van der Waals surface area contributed by atoms with Crippen molar-refractivity contribution in [2.75, 3.05) is 6.26 Å². The predicted octanol–water partition coefficient (Wildman–Crippen LogP) is -0.141. The zero-order valence-electron chi connectivity index (χ0n) is 8.31. The van der Waals surface area contributed by atoms with Gasteiger partial charge in [0.25, 0.3) is 0 Å². The SMILES string of the molecule is CSC1CCC(N=C(N)N=C(N)N)C1. The molecule has 0 aromatic carbocycles. The van der Waals surface area contributed by atoms with Crippen molar-refractivity contribution >= 4 is 23.7 Å². The van der Waals surface area contributed by atoms with Crippen LogP contribution in [0, 0.1) is 0 Å². The van der Waals surface area contributed by atoms with Gasteiger partial charge in [0.1, 0.15) is 0 Å². The molecule has 6 N–H and O–H groups in total. The molecule has 14 heavy (non-hydrogen) atoms. The highest BCUT2D eigenvalue weighted by Gasteiger charge is 2.23. The highest BCUT2D eigenvalue weighted by molar-refractivity contribution is 7.99. The van der Waals surface area contributed by atoms with Gasteiger partial charge in [-0.15, -0.1) is 0 Å². The van der Waals surface area contributed by atoms with Crippen LogP contribution in [0.25, 0.3) is 0 Å². The largest absolute Gasteiger partial charge is 0.370 e. The smallest absolute Gasteiger partial charge is 0.218 e. The summed E-state index contributed by atoms with van der Waals surface area (Å²) in [7, 11) is 0. The Kier molecular flexibility index (Phi) is 4.06. The zero-order chi connectivity index (χ0) is 10.6. The maximum absolute atomic E-state index is 5.54. The van der Waals surface area contributed by atoms with Crippen molar-refractivity contribution < 1.29 is 0 Å². The average Bonchev–Trinajstić information content (AvgIpc) is 2.50. The van der Waals surface area contributed by atoms with Crippen LogP contribution < -0.4 is 17.2 Å².